The van der Waals surface area contributed by atoms with E-state index in [4.69, 9.17) is 17.3 Å². The third-order valence-corrected chi connectivity index (χ3v) is 4.87. The Kier molecular flexibility index (Phi) is 5.64. The molecule has 0 saturated heterocycles. The predicted molar refractivity (Wildman–Crippen MR) is 104 cm³/mol. The van der Waals surface area contributed by atoms with Crippen molar-refractivity contribution in [2.45, 2.75) is 33.6 Å². The molecule has 1 N–H and O–H groups in total. The van der Waals surface area contributed by atoms with Crippen LogP contribution in [0.2, 0.25) is 0 Å². The maximum atomic E-state index is 13.4. The van der Waals surface area contributed by atoms with Gasteiger partial charge in [-0.2, -0.15) is 4.68 Å². The van der Waals surface area contributed by atoms with Gasteiger partial charge in [-0.3, -0.25) is 0 Å². The van der Waals surface area contributed by atoms with Crippen molar-refractivity contribution in [3.63, 3.8) is 0 Å². The number of aryl methyl sites for hydroxylation is 1. The quantitative estimate of drug-likeness (QED) is 0.674. The highest BCUT2D eigenvalue weighted by atomic mass is 32.1. The zero-order valence-electron chi connectivity index (χ0n) is 15.4. The maximum absolute atomic E-state index is 13.4. The normalized spacial score (nSPS) is 12.3. The molecule has 1 unspecified atom stereocenters. The molecular weight excluding hydrogens is 347 g/mol. The van der Waals surface area contributed by atoms with Gasteiger partial charge in [0, 0.05) is 17.7 Å². The van der Waals surface area contributed by atoms with Gasteiger partial charge in [0.25, 0.3) is 0 Å². The van der Waals surface area contributed by atoms with Crippen molar-refractivity contribution < 1.29 is 9.29 Å². The van der Waals surface area contributed by atoms with Gasteiger partial charge in [-0.25, -0.2) is 4.39 Å². The molecule has 0 radical (unpaired) electrons. The smallest absolute Gasteiger partial charge is 0.203 e. The molecule has 1 heterocycles. The van der Waals surface area contributed by atoms with E-state index >= 15 is 0 Å². The summed E-state index contributed by atoms with van der Waals surface area (Å²) >= 11 is 5.65. The molecule has 1 atom stereocenters. The Morgan fingerprint density at radius 1 is 1.15 bits per heavy atom. The van der Waals surface area contributed by atoms with Crippen LogP contribution < -0.4 is 4.90 Å². The number of nitrogens with one attached hydrogen (secondary N) is 1. The first-order chi connectivity index (χ1) is 12.5. The summed E-state index contributed by atoms with van der Waals surface area (Å²) < 4.78 is 18.0. The number of halogens is 1. The van der Waals surface area contributed by atoms with Crippen LogP contribution >= 0.6 is 12.2 Å². The molecule has 0 bridgehead atoms. The van der Waals surface area contributed by atoms with E-state index in [2.05, 4.69) is 37.6 Å². The summed E-state index contributed by atoms with van der Waals surface area (Å²) in [5, 5.41) is 4.79. The third-order valence-electron chi connectivity index (χ3n) is 4.44. The monoisotopic (exact) mass is 371 g/mol. The molecule has 0 aliphatic heterocycles. The second-order valence-electron chi connectivity index (χ2n) is 6.59. The molecule has 0 saturated carbocycles. The van der Waals surface area contributed by atoms with Crippen LogP contribution in [-0.4, -0.2) is 21.4 Å². The molecule has 136 valence electrons. The van der Waals surface area contributed by atoms with Gasteiger partial charge in [-0.1, -0.05) is 36.4 Å². The summed E-state index contributed by atoms with van der Waals surface area (Å²) in [4.78, 5) is 1.18. The van der Waals surface area contributed by atoms with Crippen molar-refractivity contribution >= 4 is 12.2 Å². The van der Waals surface area contributed by atoms with Crippen molar-refractivity contribution in [3.05, 3.63) is 70.2 Å². The van der Waals surface area contributed by atoms with Crippen LogP contribution in [0.3, 0.4) is 0 Å². The molecule has 6 heteroatoms. The van der Waals surface area contributed by atoms with E-state index in [0.29, 0.717) is 18.0 Å². The first kappa shape index (κ1) is 18.5. The fourth-order valence-corrected chi connectivity index (χ4v) is 3.48. The van der Waals surface area contributed by atoms with Gasteiger partial charge >= 0.3 is 0 Å². The van der Waals surface area contributed by atoms with Gasteiger partial charge in [0.15, 0.2) is 12.5 Å². The number of benzene rings is 2. The lowest BCUT2D eigenvalue weighted by atomic mass is 10.1. The van der Waals surface area contributed by atoms with E-state index in [0.717, 1.165) is 23.5 Å². The van der Waals surface area contributed by atoms with Gasteiger partial charge in [0.05, 0.1) is 7.05 Å². The number of hydrogen-bond acceptors (Lipinski definition) is 2. The van der Waals surface area contributed by atoms with E-state index < -0.39 is 0 Å². The maximum Gasteiger partial charge on any atom is 0.203 e. The van der Waals surface area contributed by atoms with E-state index in [1.807, 2.05) is 22.9 Å². The van der Waals surface area contributed by atoms with Gasteiger partial charge in [-0.05, 0) is 43.8 Å². The molecule has 3 rings (SSSR count). The molecule has 0 spiro atoms. The van der Waals surface area contributed by atoms with Crippen LogP contribution in [0.5, 0.6) is 0 Å². The summed E-state index contributed by atoms with van der Waals surface area (Å²) in [6, 6.07) is 14.9. The van der Waals surface area contributed by atoms with E-state index in [-0.39, 0.29) is 5.82 Å². The average Bonchev–Trinajstić information content (AvgIpc) is 2.90. The Morgan fingerprint density at radius 2 is 1.92 bits per heavy atom. The second-order valence-corrected chi connectivity index (χ2v) is 6.95. The third kappa shape index (κ3) is 3.92. The number of quaternary nitrogens is 1. The second kappa shape index (κ2) is 7.93. The van der Waals surface area contributed by atoms with Crippen molar-refractivity contribution in [1.82, 2.24) is 14.3 Å². The highest BCUT2D eigenvalue weighted by Gasteiger charge is 2.15. The Hall–Kier alpha value is -2.31. The Labute approximate surface area is 158 Å². The lowest BCUT2D eigenvalue weighted by molar-refractivity contribution is -0.917. The van der Waals surface area contributed by atoms with Gasteiger partial charge in [0.1, 0.15) is 12.4 Å². The first-order valence-electron chi connectivity index (χ1n) is 8.79. The molecule has 1 aromatic heterocycles. The number of rotatable bonds is 6. The summed E-state index contributed by atoms with van der Waals surface area (Å²) in [6.07, 6.45) is 0. The molecule has 2 aromatic carbocycles. The minimum atomic E-state index is -0.205. The van der Waals surface area contributed by atoms with Crippen LogP contribution in [0.4, 0.5) is 4.39 Å². The van der Waals surface area contributed by atoms with Crippen LogP contribution in [0.25, 0.3) is 11.4 Å². The zero-order valence-corrected chi connectivity index (χ0v) is 16.2. The number of hydrogen-bond donors (Lipinski definition) is 1. The molecule has 0 fully saturated rings. The molecule has 4 nitrogen and oxygen atoms in total. The van der Waals surface area contributed by atoms with Crippen LogP contribution in [-0.2, 0) is 19.8 Å². The largest absolute Gasteiger partial charge is 0.315 e. The Balaban J connectivity index is 1.87. The molecule has 0 amide bonds. The lowest BCUT2D eigenvalue weighted by Crippen LogP contribution is -3.07. The predicted octanol–water partition coefficient (Wildman–Crippen LogP) is 3.22. The first-order valence-corrected chi connectivity index (χ1v) is 9.19. The highest BCUT2D eigenvalue weighted by Crippen LogP contribution is 2.21. The van der Waals surface area contributed by atoms with Crippen LogP contribution in [0.15, 0.2) is 48.5 Å². The lowest BCUT2D eigenvalue weighted by Gasteiger charge is -2.13. The molecule has 26 heavy (non-hydrogen) atoms. The van der Waals surface area contributed by atoms with Gasteiger partial charge < -0.3 is 9.47 Å². The standard InChI is InChI=1S/C20H23FN4S/c1-4-24-19(18-11-6-5-8-15(18)2)22-25(20(24)26)14-23(3)13-16-9-7-10-17(21)12-16/h5-12H,4,13-14H2,1-3H3/p+1. The summed E-state index contributed by atoms with van der Waals surface area (Å²) in [7, 11) is 2.06. The van der Waals surface area contributed by atoms with E-state index in [9.17, 15) is 4.39 Å². The highest BCUT2D eigenvalue weighted by molar-refractivity contribution is 7.71. The van der Waals surface area contributed by atoms with Crippen molar-refractivity contribution in [1.29, 1.82) is 0 Å². The van der Waals surface area contributed by atoms with Crippen LogP contribution in [0, 0.1) is 17.5 Å². The summed E-state index contributed by atoms with van der Waals surface area (Å²) in [5.74, 6) is 0.693. The minimum absolute atomic E-state index is 0.205. The molecule has 0 aliphatic carbocycles. The topological polar surface area (TPSA) is 27.2 Å². The van der Waals surface area contributed by atoms with E-state index in [1.165, 1.54) is 16.5 Å². The van der Waals surface area contributed by atoms with Gasteiger partial charge in [0.2, 0.25) is 4.77 Å². The molecular formula is C20H24FN4S+. The van der Waals surface area contributed by atoms with Crippen LogP contribution in [0.1, 0.15) is 18.1 Å². The fourth-order valence-electron chi connectivity index (χ4n) is 3.16. The van der Waals surface area contributed by atoms with Crippen molar-refractivity contribution in [3.8, 4) is 11.4 Å². The Morgan fingerprint density at radius 3 is 2.62 bits per heavy atom. The zero-order chi connectivity index (χ0) is 18.7. The molecule has 0 aliphatic rings. The summed E-state index contributed by atoms with van der Waals surface area (Å²) in [5.41, 5.74) is 3.24. The number of nitrogens with zero attached hydrogens (tertiary/aromatic N) is 3. The molecule has 3 aromatic rings. The SMILES string of the molecule is CCn1c(-c2ccccc2C)nn(C[NH+](C)Cc2cccc(F)c2)c1=S. The van der Waals surface area contributed by atoms with Gasteiger partial charge in [-0.15, -0.1) is 5.10 Å². The van der Waals surface area contributed by atoms with Crippen molar-refractivity contribution in [2.75, 3.05) is 7.05 Å². The fraction of sp³-hybridized carbons (Fsp3) is 0.300. The summed E-state index contributed by atoms with van der Waals surface area (Å²) in [6.45, 7) is 6.26. The Bertz CT molecular complexity index is 960. The van der Waals surface area contributed by atoms with E-state index in [1.54, 1.807) is 12.1 Å². The number of aromatic nitrogens is 3. The minimum Gasteiger partial charge on any atom is -0.315 e. The van der Waals surface area contributed by atoms with Crippen molar-refractivity contribution in [2.24, 2.45) is 0 Å². The average molecular weight is 372 g/mol.